The number of hydrogen-bond donors (Lipinski definition) is 2. The number of amides is 1. The predicted molar refractivity (Wildman–Crippen MR) is 110 cm³/mol. The summed E-state index contributed by atoms with van der Waals surface area (Å²) in [5, 5.41) is 2.78. The summed E-state index contributed by atoms with van der Waals surface area (Å²) in [7, 11) is 0. The Morgan fingerprint density at radius 3 is 2.67 bits per heavy atom. The van der Waals surface area contributed by atoms with E-state index in [1.807, 2.05) is 30.4 Å². The normalized spacial score (nSPS) is 19.0. The highest BCUT2D eigenvalue weighted by atomic mass is 35.5. The number of halogens is 2. The molecule has 4 N–H and O–H groups in total. The van der Waals surface area contributed by atoms with Gasteiger partial charge in [0.25, 0.3) is 0 Å². The van der Waals surface area contributed by atoms with Crippen LogP contribution in [0.1, 0.15) is 25.3 Å². The highest BCUT2D eigenvalue weighted by molar-refractivity contribution is 6.35. The molecule has 5 nitrogen and oxygen atoms in total. The van der Waals surface area contributed by atoms with E-state index in [1.165, 1.54) is 0 Å². The van der Waals surface area contributed by atoms with Gasteiger partial charge in [-0.3, -0.25) is 9.80 Å². The van der Waals surface area contributed by atoms with Crippen molar-refractivity contribution in [2.45, 2.75) is 19.8 Å². The van der Waals surface area contributed by atoms with Crippen LogP contribution in [0.25, 0.3) is 5.70 Å². The Labute approximate surface area is 169 Å². The third-order valence-electron chi connectivity index (χ3n) is 4.77. The number of benzene rings is 1. The molecular formula is C20H22Cl2N4O. The van der Waals surface area contributed by atoms with Crippen LogP contribution in [0.4, 0.5) is 0 Å². The molecule has 3 rings (SSSR count). The molecule has 27 heavy (non-hydrogen) atoms. The highest BCUT2D eigenvalue weighted by Crippen LogP contribution is 2.33. The van der Waals surface area contributed by atoms with Crippen LogP contribution in [-0.4, -0.2) is 28.9 Å². The van der Waals surface area contributed by atoms with Crippen molar-refractivity contribution in [1.82, 2.24) is 9.91 Å². The Balaban J connectivity index is 1.93. The standard InChI is InChI=1S/C20H22Cl2N4O/c1-2-17(25-10-8-13(9-11-25)20(23)27)19-5-3-4-18(26(19)24)15-7-6-14(21)12-16(15)22/h3-8,12H,2,9-11,24H2,1H3,(H2,23,27)/b19-17+. The van der Waals surface area contributed by atoms with Crippen LogP contribution in [0.15, 0.2) is 59.5 Å². The van der Waals surface area contributed by atoms with Gasteiger partial charge in [0.1, 0.15) is 0 Å². The van der Waals surface area contributed by atoms with E-state index in [0.717, 1.165) is 35.6 Å². The van der Waals surface area contributed by atoms with E-state index >= 15 is 0 Å². The Morgan fingerprint density at radius 2 is 2.07 bits per heavy atom. The van der Waals surface area contributed by atoms with Crippen LogP contribution in [0, 0.1) is 0 Å². The number of carbonyl (C=O) groups is 1. The van der Waals surface area contributed by atoms with Gasteiger partial charge >= 0.3 is 0 Å². The monoisotopic (exact) mass is 404 g/mol. The van der Waals surface area contributed by atoms with Gasteiger partial charge < -0.3 is 10.6 Å². The summed E-state index contributed by atoms with van der Waals surface area (Å²) in [5.41, 5.74) is 9.68. The van der Waals surface area contributed by atoms with Gasteiger partial charge in [-0.25, -0.2) is 5.84 Å². The Kier molecular flexibility index (Phi) is 5.95. The number of nitrogens with two attached hydrogens (primary N) is 2. The second-order valence-electron chi connectivity index (χ2n) is 6.38. The Hall–Kier alpha value is -2.21. The van der Waals surface area contributed by atoms with Gasteiger partial charge in [0.2, 0.25) is 5.91 Å². The molecule has 0 spiro atoms. The minimum absolute atomic E-state index is 0.346. The fourth-order valence-electron chi connectivity index (χ4n) is 3.38. The third kappa shape index (κ3) is 4.05. The fourth-order valence-corrected chi connectivity index (χ4v) is 3.88. The second-order valence-corrected chi connectivity index (χ2v) is 7.22. The molecule has 0 aliphatic carbocycles. The van der Waals surface area contributed by atoms with E-state index in [4.69, 9.17) is 34.8 Å². The fraction of sp³-hybridized carbons (Fsp3) is 0.250. The molecule has 0 unspecified atom stereocenters. The van der Waals surface area contributed by atoms with E-state index < -0.39 is 0 Å². The largest absolute Gasteiger partial charge is 0.369 e. The van der Waals surface area contributed by atoms with Crippen molar-refractivity contribution < 1.29 is 4.79 Å². The maximum absolute atomic E-state index is 11.4. The molecule has 0 fully saturated rings. The summed E-state index contributed by atoms with van der Waals surface area (Å²) in [5.74, 6) is 6.12. The van der Waals surface area contributed by atoms with Crippen molar-refractivity contribution in [1.29, 1.82) is 0 Å². The molecule has 2 aliphatic heterocycles. The summed E-state index contributed by atoms with van der Waals surface area (Å²) >= 11 is 12.4. The molecule has 1 aromatic rings. The summed E-state index contributed by atoms with van der Waals surface area (Å²) in [6.07, 6.45) is 9.19. The van der Waals surface area contributed by atoms with E-state index in [9.17, 15) is 4.79 Å². The number of primary amides is 1. The lowest BCUT2D eigenvalue weighted by atomic mass is 10.0. The van der Waals surface area contributed by atoms with Gasteiger partial charge in [-0.1, -0.05) is 42.3 Å². The number of carbonyl (C=O) groups excluding carboxylic acids is 1. The predicted octanol–water partition coefficient (Wildman–Crippen LogP) is 3.82. The minimum Gasteiger partial charge on any atom is -0.369 e. The van der Waals surface area contributed by atoms with Crippen LogP contribution in [0.3, 0.4) is 0 Å². The summed E-state index contributed by atoms with van der Waals surface area (Å²) in [6.45, 7) is 3.45. The number of rotatable bonds is 4. The van der Waals surface area contributed by atoms with E-state index in [2.05, 4.69) is 11.8 Å². The van der Waals surface area contributed by atoms with Gasteiger partial charge in [-0.15, -0.1) is 0 Å². The third-order valence-corrected chi connectivity index (χ3v) is 5.32. The van der Waals surface area contributed by atoms with E-state index in [-0.39, 0.29) is 5.91 Å². The molecule has 0 bridgehead atoms. The molecule has 0 atom stereocenters. The summed E-state index contributed by atoms with van der Waals surface area (Å²) < 4.78 is 0. The first-order valence-corrected chi connectivity index (χ1v) is 9.53. The van der Waals surface area contributed by atoms with Crippen molar-refractivity contribution in [3.8, 4) is 0 Å². The molecule has 1 amide bonds. The first-order chi connectivity index (χ1) is 12.9. The molecule has 0 radical (unpaired) electrons. The number of hydrogen-bond acceptors (Lipinski definition) is 4. The first-order valence-electron chi connectivity index (χ1n) is 8.78. The van der Waals surface area contributed by atoms with Crippen molar-refractivity contribution in [3.63, 3.8) is 0 Å². The van der Waals surface area contributed by atoms with Crippen LogP contribution >= 0.6 is 23.2 Å². The lowest BCUT2D eigenvalue weighted by Crippen LogP contribution is -2.36. The average molecular weight is 405 g/mol. The minimum atomic E-state index is -0.346. The van der Waals surface area contributed by atoms with Crippen LogP contribution in [0.5, 0.6) is 0 Å². The zero-order chi connectivity index (χ0) is 19.6. The maximum atomic E-state index is 11.4. The van der Waals surface area contributed by atoms with Crippen LogP contribution in [0.2, 0.25) is 10.0 Å². The molecular weight excluding hydrogens is 383 g/mol. The molecule has 0 aromatic heterocycles. The summed E-state index contributed by atoms with van der Waals surface area (Å²) in [4.78, 5) is 13.6. The molecule has 0 saturated heterocycles. The lowest BCUT2D eigenvalue weighted by molar-refractivity contribution is -0.114. The second kappa shape index (κ2) is 8.21. The topological polar surface area (TPSA) is 75.6 Å². The molecule has 2 heterocycles. The number of hydrazine groups is 1. The van der Waals surface area contributed by atoms with E-state index in [0.29, 0.717) is 28.6 Å². The van der Waals surface area contributed by atoms with E-state index in [1.54, 1.807) is 17.1 Å². The van der Waals surface area contributed by atoms with Gasteiger partial charge in [0.05, 0.1) is 16.4 Å². The molecule has 7 heteroatoms. The van der Waals surface area contributed by atoms with Gasteiger partial charge in [0, 0.05) is 34.9 Å². The quantitative estimate of drug-likeness (QED) is 0.747. The van der Waals surface area contributed by atoms with Crippen molar-refractivity contribution in [2.75, 3.05) is 13.1 Å². The number of nitrogens with zero attached hydrogens (tertiary/aromatic N) is 2. The molecule has 142 valence electrons. The zero-order valence-electron chi connectivity index (χ0n) is 15.1. The van der Waals surface area contributed by atoms with Crippen LogP contribution in [-0.2, 0) is 4.79 Å². The molecule has 0 saturated carbocycles. The van der Waals surface area contributed by atoms with Crippen molar-refractivity contribution in [2.24, 2.45) is 11.6 Å². The SMILES string of the molecule is CC/C(=C1/C=CC=C(c2ccc(Cl)cc2Cl)N1N)N1CC=C(C(N)=O)CC1. The molecule has 2 aliphatic rings. The zero-order valence-corrected chi connectivity index (χ0v) is 16.6. The maximum Gasteiger partial charge on any atom is 0.244 e. The first kappa shape index (κ1) is 19.5. The molecule has 1 aromatic carbocycles. The summed E-state index contributed by atoms with van der Waals surface area (Å²) in [6, 6.07) is 5.36. The highest BCUT2D eigenvalue weighted by Gasteiger charge is 2.23. The van der Waals surface area contributed by atoms with Gasteiger partial charge in [0.15, 0.2) is 0 Å². The average Bonchev–Trinajstić information content (AvgIpc) is 2.65. The Bertz CT molecular complexity index is 886. The number of allylic oxidation sites excluding steroid dienone is 4. The Morgan fingerprint density at radius 1 is 1.30 bits per heavy atom. The smallest absolute Gasteiger partial charge is 0.244 e. The van der Waals surface area contributed by atoms with Gasteiger partial charge in [-0.05, 0) is 43.2 Å². The van der Waals surface area contributed by atoms with Crippen LogP contribution < -0.4 is 11.6 Å². The lowest BCUT2D eigenvalue weighted by Gasteiger charge is -2.35. The van der Waals surface area contributed by atoms with Gasteiger partial charge in [-0.2, -0.15) is 0 Å². The van der Waals surface area contributed by atoms with Crippen molar-refractivity contribution in [3.05, 3.63) is 75.1 Å². The van der Waals surface area contributed by atoms with Crippen molar-refractivity contribution >= 4 is 34.8 Å².